The summed E-state index contributed by atoms with van der Waals surface area (Å²) >= 11 is 0. The van der Waals surface area contributed by atoms with E-state index in [1.807, 2.05) is 0 Å². The molecule has 1 unspecified atom stereocenters. The lowest BCUT2D eigenvalue weighted by Gasteiger charge is -2.36. The van der Waals surface area contributed by atoms with Crippen molar-refractivity contribution in [1.82, 2.24) is 0 Å². The number of rotatable bonds is 4. The topological polar surface area (TPSA) is 57.5 Å². The van der Waals surface area contributed by atoms with Crippen molar-refractivity contribution < 1.29 is 19.4 Å². The second-order valence-electron chi connectivity index (χ2n) is 4.97. The van der Waals surface area contributed by atoms with Crippen molar-refractivity contribution in [2.45, 2.75) is 32.8 Å². The van der Waals surface area contributed by atoms with Crippen LogP contribution >= 0.6 is 0 Å². The lowest BCUT2D eigenvalue weighted by atomic mass is 9.73. The lowest BCUT2D eigenvalue weighted by molar-refractivity contribution is -0.162. The average Bonchev–Trinajstić information content (AvgIpc) is 2.20. The number of carboxylic acid groups (broad SMARTS) is 1. The second kappa shape index (κ2) is 4.45. The van der Waals surface area contributed by atoms with Crippen molar-refractivity contribution in [2.75, 3.05) is 0 Å². The molecule has 1 aromatic carbocycles. The van der Waals surface area contributed by atoms with Crippen LogP contribution in [0.2, 0.25) is 0 Å². The van der Waals surface area contributed by atoms with Gasteiger partial charge in [0.05, 0.1) is 11.0 Å². The molecule has 0 fully saturated rings. The Bertz CT molecular complexity index is 424. The summed E-state index contributed by atoms with van der Waals surface area (Å²) in [6, 6.07) is 6.04. The zero-order valence-corrected chi connectivity index (χ0v) is 10.2. The zero-order valence-electron chi connectivity index (χ0n) is 10.2. The molecule has 0 aliphatic carbocycles. The zero-order chi connectivity index (χ0) is 13.3. The molecule has 0 saturated heterocycles. The molecular weight excluding hydrogens is 223 g/mol. The minimum Gasteiger partial charge on any atom is -0.481 e. The summed E-state index contributed by atoms with van der Waals surface area (Å²) in [5, 5.41) is 19.3. The molecule has 94 valence electrons. The summed E-state index contributed by atoms with van der Waals surface area (Å²) in [5.41, 5.74) is -2.57. The first-order valence-electron chi connectivity index (χ1n) is 5.37. The number of benzene rings is 1. The Labute approximate surface area is 99.9 Å². The number of hydrogen-bond acceptors (Lipinski definition) is 2. The SMILES string of the molecule is CC(O)(Cc1ccccc1F)C(C)(C)C(=O)O. The molecule has 0 saturated carbocycles. The summed E-state index contributed by atoms with van der Waals surface area (Å²) in [5.74, 6) is -1.55. The first-order valence-corrected chi connectivity index (χ1v) is 5.37. The molecule has 4 heteroatoms. The van der Waals surface area contributed by atoms with Gasteiger partial charge in [0.15, 0.2) is 0 Å². The fraction of sp³-hybridized carbons (Fsp3) is 0.462. The molecule has 0 amide bonds. The van der Waals surface area contributed by atoms with Gasteiger partial charge in [0.1, 0.15) is 5.82 Å². The number of aliphatic carboxylic acids is 1. The number of carboxylic acids is 1. The number of aliphatic hydroxyl groups is 1. The maximum absolute atomic E-state index is 13.5. The lowest BCUT2D eigenvalue weighted by Crippen LogP contribution is -2.49. The number of hydrogen-bond donors (Lipinski definition) is 2. The van der Waals surface area contributed by atoms with Gasteiger partial charge in [0.25, 0.3) is 0 Å². The molecule has 0 radical (unpaired) electrons. The van der Waals surface area contributed by atoms with Crippen LogP contribution in [0.15, 0.2) is 24.3 Å². The van der Waals surface area contributed by atoms with Gasteiger partial charge in [-0.05, 0) is 32.4 Å². The van der Waals surface area contributed by atoms with Gasteiger partial charge in [0, 0.05) is 6.42 Å². The molecule has 0 bridgehead atoms. The predicted octanol–water partition coefficient (Wildman–Crippen LogP) is 2.23. The fourth-order valence-corrected chi connectivity index (χ4v) is 1.46. The van der Waals surface area contributed by atoms with E-state index in [2.05, 4.69) is 0 Å². The van der Waals surface area contributed by atoms with Gasteiger partial charge in [-0.1, -0.05) is 18.2 Å². The monoisotopic (exact) mass is 240 g/mol. The van der Waals surface area contributed by atoms with E-state index in [4.69, 9.17) is 5.11 Å². The third-order valence-corrected chi connectivity index (χ3v) is 3.37. The molecule has 1 aromatic rings. The summed E-state index contributed by atoms with van der Waals surface area (Å²) in [7, 11) is 0. The van der Waals surface area contributed by atoms with Crippen LogP contribution in [0.5, 0.6) is 0 Å². The highest BCUT2D eigenvalue weighted by atomic mass is 19.1. The number of carbonyl (C=O) groups is 1. The van der Waals surface area contributed by atoms with Crippen LogP contribution in [0.4, 0.5) is 4.39 Å². The van der Waals surface area contributed by atoms with Crippen molar-refractivity contribution in [3.63, 3.8) is 0 Å². The molecule has 0 spiro atoms. The first-order chi connectivity index (χ1) is 7.68. The van der Waals surface area contributed by atoms with Gasteiger partial charge in [-0.25, -0.2) is 4.39 Å². The normalized spacial score (nSPS) is 15.4. The minimum absolute atomic E-state index is 0.0427. The highest BCUT2D eigenvalue weighted by Crippen LogP contribution is 2.34. The van der Waals surface area contributed by atoms with Gasteiger partial charge in [-0.2, -0.15) is 0 Å². The van der Waals surface area contributed by atoms with E-state index in [0.717, 1.165) is 0 Å². The van der Waals surface area contributed by atoms with Crippen molar-refractivity contribution >= 4 is 5.97 Å². The van der Waals surface area contributed by atoms with Gasteiger partial charge in [0.2, 0.25) is 0 Å². The van der Waals surface area contributed by atoms with E-state index in [1.165, 1.54) is 26.8 Å². The van der Waals surface area contributed by atoms with Gasteiger partial charge in [-0.15, -0.1) is 0 Å². The Balaban J connectivity index is 3.02. The number of halogens is 1. The Morgan fingerprint density at radius 1 is 1.29 bits per heavy atom. The Morgan fingerprint density at radius 2 is 1.82 bits per heavy atom. The maximum Gasteiger partial charge on any atom is 0.312 e. The molecule has 1 rings (SSSR count). The first kappa shape index (κ1) is 13.6. The third kappa shape index (κ3) is 2.64. The van der Waals surface area contributed by atoms with E-state index >= 15 is 0 Å². The molecule has 0 heterocycles. The van der Waals surface area contributed by atoms with Crippen LogP contribution in [0.25, 0.3) is 0 Å². The van der Waals surface area contributed by atoms with E-state index in [9.17, 15) is 14.3 Å². The van der Waals surface area contributed by atoms with E-state index < -0.39 is 22.8 Å². The van der Waals surface area contributed by atoms with E-state index in [0.29, 0.717) is 5.56 Å². The summed E-state index contributed by atoms with van der Waals surface area (Å²) in [4.78, 5) is 11.1. The van der Waals surface area contributed by atoms with Crippen LogP contribution in [0.1, 0.15) is 26.3 Å². The van der Waals surface area contributed by atoms with Crippen molar-refractivity contribution in [3.8, 4) is 0 Å². The second-order valence-corrected chi connectivity index (χ2v) is 4.97. The Morgan fingerprint density at radius 3 is 2.29 bits per heavy atom. The Kier molecular flexibility index (Phi) is 3.57. The van der Waals surface area contributed by atoms with Gasteiger partial charge >= 0.3 is 5.97 Å². The molecule has 0 aliphatic rings. The quantitative estimate of drug-likeness (QED) is 0.848. The molecule has 1 atom stereocenters. The summed E-state index contributed by atoms with van der Waals surface area (Å²) in [6.07, 6.45) is -0.0427. The third-order valence-electron chi connectivity index (χ3n) is 3.37. The van der Waals surface area contributed by atoms with E-state index in [1.54, 1.807) is 18.2 Å². The maximum atomic E-state index is 13.5. The van der Waals surface area contributed by atoms with E-state index in [-0.39, 0.29) is 6.42 Å². The van der Waals surface area contributed by atoms with Gasteiger partial charge < -0.3 is 10.2 Å². The fourth-order valence-electron chi connectivity index (χ4n) is 1.46. The minimum atomic E-state index is -1.53. The van der Waals surface area contributed by atoms with Crippen LogP contribution in [-0.2, 0) is 11.2 Å². The Hall–Kier alpha value is -1.42. The van der Waals surface area contributed by atoms with Crippen LogP contribution in [-0.4, -0.2) is 21.8 Å². The predicted molar refractivity (Wildman–Crippen MR) is 62.1 cm³/mol. The largest absolute Gasteiger partial charge is 0.481 e. The van der Waals surface area contributed by atoms with Crippen LogP contribution in [0.3, 0.4) is 0 Å². The van der Waals surface area contributed by atoms with Crippen molar-refractivity contribution in [2.24, 2.45) is 5.41 Å². The highest BCUT2D eigenvalue weighted by molar-refractivity contribution is 5.75. The average molecular weight is 240 g/mol. The smallest absolute Gasteiger partial charge is 0.312 e. The van der Waals surface area contributed by atoms with Crippen molar-refractivity contribution in [3.05, 3.63) is 35.6 Å². The molecular formula is C13H17FO3. The molecule has 2 N–H and O–H groups in total. The van der Waals surface area contributed by atoms with Crippen LogP contribution in [0, 0.1) is 11.2 Å². The molecule has 0 aliphatic heterocycles. The standard InChI is InChI=1S/C13H17FO3/c1-12(2,11(15)16)13(3,17)8-9-6-4-5-7-10(9)14/h4-7,17H,8H2,1-3H3,(H,15,16). The molecule has 17 heavy (non-hydrogen) atoms. The summed E-state index contributed by atoms with van der Waals surface area (Å²) < 4.78 is 13.5. The highest BCUT2D eigenvalue weighted by Gasteiger charge is 2.45. The molecule has 3 nitrogen and oxygen atoms in total. The summed E-state index contributed by atoms with van der Waals surface area (Å²) in [6.45, 7) is 4.26. The van der Waals surface area contributed by atoms with Gasteiger partial charge in [-0.3, -0.25) is 4.79 Å². The van der Waals surface area contributed by atoms with Crippen LogP contribution < -0.4 is 0 Å². The molecule has 0 aromatic heterocycles. The van der Waals surface area contributed by atoms with Crippen molar-refractivity contribution in [1.29, 1.82) is 0 Å².